The Labute approximate surface area is 87.7 Å². The van der Waals surface area contributed by atoms with E-state index in [0.717, 1.165) is 17.6 Å². The molecule has 0 saturated carbocycles. The predicted molar refractivity (Wildman–Crippen MR) is 57.4 cm³/mol. The summed E-state index contributed by atoms with van der Waals surface area (Å²) < 4.78 is 2.10. The lowest BCUT2D eigenvalue weighted by Crippen LogP contribution is -2.03. The highest BCUT2D eigenvalue weighted by atomic mass is 35.5. The molecule has 3 nitrogen and oxygen atoms in total. The first-order valence-corrected chi connectivity index (χ1v) is 5.01. The molecule has 0 aliphatic carbocycles. The smallest absolute Gasteiger partial charge is 0.156 e. The van der Waals surface area contributed by atoms with Crippen LogP contribution < -0.4 is 0 Å². The summed E-state index contributed by atoms with van der Waals surface area (Å²) in [7, 11) is 0. The van der Waals surface area contributed by atoms with Gasteiger partial charge in [0.2, 0.25) is 0 Å². The minimum atomic E-state index is 0.528. The van der Waals surface area contributed by atoms with E-state index in [0.29, 0.717) is 11.1 Å². The number of hydrogen-bond acceptors (Lipinski definition) is 2. The molecular formula is C10H12ClN3. The number of hydrogen-bond donors (Lipinski definition) is 0. The van der Waals surface area contributed by atoms with Crippen LogP contribution in [0, 0.1) is 5.92 Å². The highest BCUT2D eigenvalue weighted by Gasteiger charge is 2.07. The second kappa shape index (κ2) is 3.58. The topological polar surface area (TPSA) is 30.7 Å². The third kappa shape index (κ3) is 1.60. The van der Waals surface area contributed by atoms with Gasteiger partial charge in [-0.15, -0.1) is 0 Å². The van der Waals surface area contributed by atoms with Crippen molar-refractivity contribution < 1.29 is 0 Å². The molecule has 2 heterocycles. The van der Waals surface area contributed by atoms with Crippen LogP contribution in [0.25, 0.3) is 11.0 Å². The van der Waals surface area contributed by atoms with Gasteiger partial charge in [0, 0.05) is 12.7 Å². The minimum Gasteiger partial charge on any atom is -0.343 e. The summed E-state index contributed by atoms with van der Waals surface area (Å²) in [5, 5.41) is 0.528. The molecule has 4 heteroatoms. The zero-order valence-electron chi connectivity index (χ0n) is 8.24. The lowest BCUT2D eigenvalue weighted by atomic mass is 10.2. The third-order valence-corrected chi connectivity index (χ3v) is 2.34. The van der Waals surface area contributed by atoms with Gasteiger partial charge in [-0.3, -0.25) is 0 Å². The Morgan fingerprint density at radius 1 is 1.43 bits per heavy atom. The summed E-state index contributed by atoms with van der Waals surface area (Å²) in [5.41, 5.74) is 1.84. The standard InChI is InChI=1S/C10H12ClN3/c1-7(2)5-14-4-3-8-9(14)10(11)13-6-12-8/h3-4,6-7H,5H2,1-2H3. The van der Waals surface area contributed by atoms with Gasteiger partial charge >= 0.3 is 0 Å². The monoisotopic (exact) mass is 209 g/mol. The summed E-state index contributed by atoms with van der Waals surface area (Å²) in [4.78, 5) is 8.13. The Bertz CT molecular complexity index is 448. The maximum atomic E-state index is 6.02. The molecule has 0 aliphatic heterocycles. The average Bonchev–Trinajstić information content (AvgIpc) is 2.49. The fourth-order valence-electron chi connectivity index (χ4n) is 1.54. The Hall–Kier alpha value is -1.09. The van der Waals surface area contributed by atoms with Gasteiger partial charge in [-0.25, -0.2) is 9.97 Å². The maximum absolute atomic E-state index is 6.02. The Morgan fingerprint density at radius 2 is 2.21 bits per heavy atom. The molecule has 0 unspecified atom stereocenters. The molecule has 0 aliphatic rings. The molecule has 0 spiro atoms. The van der Waals surface area contributed by atoms with Crippen molar-refractivity contribution in [2.45, 2.75) is 20.4 Å². The van der Waals surface area contributed by atoms with E-state index in [4.69, 9.17) is 11.6 Å². The van der Waals surface area contributed by atoms with E-state index >= 15 is 0 Å². The summed E-state index contributed by atoms with van der Waals surface area (Å²) >= 11 is 6.02. The average molecular weight is 210 g/mol. The van der Waals surface area contributed by atoms with E-state index in [-0.39, 0.29) is 0 Å². The lowest BCUT2D eigenvalue weighted by molar-refractivity contribution is 0.535. The number of halogens is 1. The van der Waals surface area contributed by atoms with Crippen molar-refractivity contribution in [2.24, 2.45) is 5.92 Å². The van der Waals surface area contributed by atoms with Gasteiger partial charge in [-0.1, -0.05) is 25.4 Å². The molecule has 0 N–H and O–H groups in total. The van der Waals surface area contributed by atoms with Gasteiger partial charge in [0.15, 0.2) is 5.15 Å². The molecule has 0 radical (unpaired) electrons. The molecule has 2 aromatic heterocycles. The Morgan fingerprint density at radius 3 is 2.93 bits per heavy atom. The number of nitrogens with zero attached hydrogens (tertiary/aromatic N) is 3. The third-order valence-electron chi connectivity index (χ3n) is 2.07. The number of fused-ring (bicyclic) bond motifs is 1. The number of rotatable bonds is 2. The molecule has 0 fully saturated rings. The van der Waals surface area contributed by atoms with E-state index in [1.54, 1.807) is 0 Å². The Kier molecular flexibility index (Phi) is 2.42. The SMILES string of the molecule is CC(C)Cn1ccc2ncnc(Cl)c21. The first-order chi connectivity index (χ1) is 6.68. The number of aromatic nitrogens is 3. The van der Waals surface area contributed by atoms with Crippen molar-refractivity contribution >= 4 is 22.6 Å². The van der Waals surface area contributed by atoms with Crippen LogP contribution in [0.1, 0.15) is 13.8 Å². The van der Waals surface area contributed by atoms with Crippen molar-refractivity contribution in [3.8, 4) is 0 Å². The first-order valence-electron chi connectivity index (χ1n) is 4.64. The van der Waals surface area contributed by atoms with Gasteiger partial charge < -0.3 is 4.57 Å². The van der Waals surface area contributed by atoms with Crippen molar-refractivity contribution in [1.29, 1.82) is 0 Å². The van der Waals surface area contributed by atoms with Gasteiger partial charge in [-0.2, -0.15) is 0 Å². The normalized spacial score (nSPS) is 11.4. The van der Waals surface area contributed by atoms with Crippen molar-refractivity contribution in [3.63, 3.8) is 0 Å². The molecule has 14 heavy (non-hydrogen) atoms. The molecule has 0 aromatic carbocycles. The quantitative estimate of drug-likeness (QED) is 0.713. The summed E-state index contributed by atoms with van der Waals surface area (Å²) in [6.45, 7) is 5.28. The molecule has 74 valence electrons. The first kappa shape index (κ1) is 9.46. The largest absolute Gasteiger partial charge is 0.343 e. The second-order valence-corrected chi connectivity index (χ2v) is 4.12. The van der Waals surface area contributed by atoms with Gasteiger partial charge in [0.25, 0.3) is 0 Å². The van der Waals surface area contributed by atoms with Gasteiger partial charge in [0.1, 0.15) is 11.8 Å². The van der Waals surface area contributed by atoms with Crippen LogP contribution in [0.5, 0.6) is 0 Å². The molecular weight excluding hydrogens is 198 g/mol. The van der Waals surface area contributed by atoms with Crippen molar-refractivity contribution in [3.05, 3.63) is 23.7 Å². The van der Waals surface area contributed by atoms with Crippen LogP contribution in [0.4, 0.5) is 0 Å². The summed E-state index contributed by atoms with van der Waals surface area (Å²) in [6.07, 6.45) is 3.50. The lowest BCUT2D eigenvalue weighted by Gasteiger charge is -2.08. The van der Waals surface area contributed by atoms with Crippen LogP contribution in [-0.4, -0.2) is 14.5 Å². The minimum absolute atomic E-state index is 0.528. The predicted octanol–water partition coefficient (Wildman–Crippen LogP) is 2.74. The highest BCUT2D eigenvalue weighted by molar-refractivity contribution is 6.33. The molecule has 0 amide bonds. The van der Waals surface area contributed by atoms with Crippen LogP contribution in [0.3, 0.4) is 0 Å². The fourth-order valence-corrected chi connectivity index (χ4v) is 1.79. The van der Waals surface area contributed by atoms with E-state index in [9.17, 15) is 0 Å². The molecule has 0 bridgehead atoms. The van der Waals surface area contributed by atoms with E-state index in [1.165, 1.54) is 6.33 Å². The Balaban J connectivity index is 2.55. The van der Waals surface area contributed by atoms with E-state index in [2.05, 4.69) is 28.4 Å². The maximum Gasteiger partial charge on any atom is 0.156 e. The van der Waals surface area contributed by atoms with E-state index < -0.39 is 0 Å². The van der Waals surface area contributed by atoms with Gasteiger partial charge in [0.05, 0.1) is 5.52 Å². The van der Waals surface area contributed by atoms with Gasteiger partial charge in [-0.05, 0) is 12.0 Å². The van der Waals surface area contributed by atoms with Crippen LogP contribution in [0.15, 0.2) is 18.6 Å². The molecule has 0 atom stereocenters. The molecule has 2 aromatic rings. The second-order valence-electron chi connectivity index (χ2n) is 3.76. The summed E-state index contributed by atoms with van der Waals surface area (Å²) in [5.74, 6) is 0.585. The van der Waals surface area contributed by atoms with Crippen molar-refractivity contribution in [1.82, 2.24) is 14.5 Å². The zero-order valence-corrected chi connectivity index (χ0v) is 8.99. The van der Waals surface area contributed by atoms with Crippen LogP contribution in [0.2, 0.25) is 5.15 Å². The van der Waals surface area contributed by atoms with Crippen molar-refractivity contribution in [2.75, 3.05) is 0 Å². The fraction of sp³-hybridized carbons (Fsp3) is 0.400. The van der Waals surface area contributed by atoms with Crippen LogP contribution >= 0.6 is 11.6 Å². The molecule has 2 rings (SSSR count). The molecule has 0 saturated heterocycles. The zero-order chi connectivity index (χ0) is 10.1. The van der Waals surface area contributed by atoms with Crippen LogP contribution in [-0.2, 0) is 6.54 Å². The highest BCUT2D eigenvalue weighted by Crippen LogP contribution is 2.21. The van der Waals surface area contributed by atoms with E-state index in [1.807, 2.05) is 12.3 Å². The summed E-state index contributed by atoms with van der Waals surface area (Å²) in [6, 6.07) is 1.96.